The van der Waals surface area contributed by atoms with Crippen LogP contribution in [0.3, 0.4) is 0 Å². The molecule has 5 nitrogen and oxygen atoms in total. The van der Waals surface area contributed by atoms with Crippen molar-refractivity contribution in [3.05, 3.63) is 16.6 Å². The molecule has 1 aromatic rings. The Labute approximate surface area is 139 Å². The minimum atomic E-state index is 0. The van der Waals surface area contributed by atoms with Gasteiger partial charge in [0, 0.05) is 22.5 Å². The number of anilines is 1. The van der Waals surface area contributed by atoms with Crippen molar-refractivity contribution in [2.75, 3.05) is 32.6 Å². The van der Waals surface area contributed by atoms with Gasteiger partial charge < -0.3 is 20.1 Å². The third-order valence-electron chi connectivity index (χ3n) is 3.44. The summed E-state index contributed by atoms with van der Waals surface area (Å²) in [4.78, 5) is 12.2. The van der Waals surface area contributed by atoms with Gasteiger partial charge in [0.2, 0.25) is 5.91 Å². The van der Waals surface area contributed by atoms with Crippen LogP contribution in [-0.4, -0.2) is 33.2 Å². The second-order valence-electron chi connectivity index (χ2n) is 4.70. The molecule has 21 heavy (non-hydrogen) atoms. The zero-order valence-corrected chi connectivity index (χ0v) is 14.5. The van der Waals surface area contributed by atoms with Crippen molar-refractivity contribution in [2.24, 2.45) is 5.92 Å². The van der Waals surface area contributed by atoms with E-state index in [-0.39, 0.29) is 24.2 Å². The molecule has 0 spiro atoms. The maximum absolute atomic E-state index is 12.2. The lowest BCUT2D eigenvalue weighted by atomic mass is 9.97. The zero-order chi connectivity index (χ0) is 14.5. The van der Waals surface area contributed by atoms with Crippen molar-refractivity contribution in [1.29, 1.82) is 0 Å². The molecule has 1 aromatic carbocycles. The Morgan fingerprint density at radius 3 is 2.38 bits per heavy atom. The molecule has 118 valence electrons. The quantitative estimate of drug-likeness (QED) is 0.844. The number of carbonyl (C=O) groups excluding carboxylic acids is 1. The topological polar surface area (TPSA) is 59.6 Å². The van der Waals surface area contributed by atoms with Gasteiger partial charge in [-0.05, 0) is 41.9 Å². The fraction of sp³-hybridized carbons (Fsp3) is 0.500. The van der Waals surface area contributed by atoms with Crippen LogP contribution in [0.1, 0.15) is 12.8 Å². The van der Waals surface area contributed by atoms with Gasteiger partial charge >= 0.3 is 0 Å². The molecule has 0 radical (unpaired) electrons. The van der Waals surface area contributed by atoms with E-state index in [9.17, 15) is 4.79 Å². The van der Waals surface area contributed by atoms with Gasteiger partial charge in [0.25, 0.3) is 0 Å². The number of methoxy groups -OCH3 is 2. The highest BCUT2D eigenvalue weighted by atomic mass is 79.9. The van der Waals surface area contributed by atoms with Crippen molar-refractivity contribution in [3.8, 4) is 11.5 Å². The van der Waals surface area contributed by atoms with Crippen LogP contribution < -0.4 is 20.1 Å². The SMILES string of the molecule is COc1cc(Br)c(NC(=O)C2CCNCC2)cc1OC.Cl. The van der Waals surface area contributed by atoms with Crippen LogP contribution >= 0.6 is 28.3 Å². The standard InChI is InChI=1S/C14H19BrN2O3.ClH/c1-19-12-7-10(15)11(8-13(12)20-2)17-14(18)9-3-5-16-6-4-9;/h7-9,16H,3-6H2,1-2H3,(H,17,18);1H. The molecular formula is C14H20BrClN2O3. The summed E-state index contributed by atoms with van der Waals surface area (Å²) in [7, 11) is 3.15. The molecule has 7 heteroatoms. The Kier molecular flexibility index (Phi) is 7.28. The summed E-state index contributed by atoms with van der Waals surface area (Å²) in [6.45, 7) is 1.79. The lowest BCUT2D eigenvalue weighted by Crippen LogP contribution is -2.34. The van der Waals surface area contributed by atoms with Gasteiger partial charge in [0.05, 0.1) is 19.9 Å². The minimum Gasteiger partial charge on any atom is -0.493 e. The molecule has 0 bridgehead atoms. The maximum Gasteiger partial charge on any atom is 0.227 e. The molecule has 0 atom stereocenters. The van der Waals surface area contributed by atoms with Gasteiger partial charge in [0.15, 0.2) is 11.5 Å². The van der Waals surface area contributed by atoms with Crippen LogP contribution in [0.5, 0.6) is 11.5 Å². The number of amides is 1. The summed E-state index contributed by atoms with van der Waals surface area (Å²) in [6, 6.07) is 3.55. The number of ether oxygens (including phenoxy) is 2. The highest BCUT2D eigenvalue weighted by Crippen LogP contribution is 2.36. The molecule has 1 amide bonds. The van der Waals surface area contributed by atoms with Crippen molar-refractivity contribution < 1.29 is 14.3 Å². The molecule has 2 N–H and O–H groups in total. The number of benzene rings is 1. The zero-order valence-electron chi connectivity index (χ0n) is 12.1. The third kappa shape index (κ3) is 4.49. The Bertz CT molecular complexity index is 493. The summed E-state index contributed by atoms with van der Waals surface area (Å²) in [5.41, 5.74) is 0.700. The van der Waals surface area contributed by atoms with Crippen LogP contribution in [0, 0.1) is 5.92 Å². The lowest BCUT2D eigenvalue weighted by molar-refractivity contribution is -0.120. The Hall–Kier alpha value is -0.980. The third-order valence-corrected chi connectivity index (χ3v) is 4.10. The normalized spacial score (nSPS) is 15.0. The van der Waals surface area contributed by atoms with Gasteiger partial charge in [-0.2, -0.15) is 0 Å². The monoisotopic (exact) mass is 378 g/mol. The van der Waals surface area contributed by atoms with Crippen LogP contribution in [0.15, 0.2) is 16.6 Å². The lowest BCUT2D eigenvalue weighted by Gasteiger charge is -2.22. The summed E-state index contributed by atoms with van der Waals surface area (Å²) >= 11 is 3.44. The predicted molar refractivity (Wildman–Crippen MR) is 88.7 cm³/mol. The molecule has 1 aliphatic rings. The summed E-state index contributed by atoms with van der Waals surface area (Å²) in [5.74, 6) is 1.34. The number of carbonyl (C=O) groups is 1. The summed E-state index contributed by atoms with van der Waals surface area (Å²) in [5, 5.41) is 6.21. The van der Waals surface area contributed by atoms with Crippen molar-refractivity contribution in [1.82, 2.24) is 5.32 Å². The van der Waals surface area contributed by atoms with Crippen LogP contribution in [-0.2, 0) is 4.79 Å². The van der Waals surface area contributed by atoms with E-state index < -0.39 is 0 Å². The van der Waals surface area contributed by atoms with Gasteiger partial charge in [-0.15, -0.1) is 12.4 Å². The highest BCUT2D eigenvalue weighted by Gasteiger charge is 2.22. The van der Waals surface area contributed by atoms with E-state index >= 15 is 0 Å². The molecule has 1 heterocycles. The predicted octanol–water partition coefficient (Wildman–Crippen LogP) is 2.83. The van der Waals surface area contributed by atoms with Gasteiger partial charge in [0.1, 0.15) is 0 Å². The fourth-order valence-corrected chi connectivity index (χ4v) is 2.69. The average molecular weight is 380 g/mol. The second kappa shape index (κ2) is 8.46. The van der Waals surface area contributed by atoms with Crippen molar-refractivity contribution in [3.63, 3.8) is 0 Å². The van der Waals surface area contributed by atoms with Gasteiger partial charge in [-0.3, -0.25) is 4.79 Å². The number of halogens is 2. The highest BCUT2D eigenvalue weighted by molar-refractivity contribution is 9.10. The van der Waals surface area contributed by atoms with Crippen molar-refractivity contribution in [2.45, 2.75) is 12.8 Å². The molecule has 2 rings (SSSR count). The number of rotatable bonds is 4. The Morgan fingerprint density at radius 2 is 1.81 bits per heavy atom. The average Bonchev–Trinajstić information content (AvgIpc) is 2.49. The molecule has 0 aliphatic carbocycles. The Balaban J connectivity index is 0.00000220. The molecule has 1 fully saturated rings. The number of piperidine rings is 1. The van der Waals surface area contributed by atoms with Crippen LogP contribution in [0.25, 0.3) is 0 Å². The number of hydrogen-bond acceptors (Lipinski definition) is 4. The van der Waals surface area contributed by atoms with E-state index in [1.165, 1.54) is 0 Å². The molecule has 0 unspecified atom stereocenters. The first-order valence-electron chi connectivity index (χ1n) is 6.58. The molecular weight excluding hydrogens is 360 g/mol. The number of nitrogens with one attached hydrogen (secondary N) is 2. The first kappa shape index (κ1) is 18.1. The first-order chi connectivity index (χ1) is 9.65. The van der Waals surface area contributed by atoms with E-state index in [1.54, 1.807) is 26.4 Å². The molecule has 1 saturated heterocycles. The van der Waals surface area contributed by atoms with Crippen molar-refractivity contribution >= 4 is 39.9 Å². The van der Waals surface area contributed by atoms with E-state index in [4.69, 9.17) is 9.47 Å². The second-order valence-corrected chi connectivity index (χ2v) is 5.55. The van der Waals surface area contributed by atoms with Crippen LogP contribution in [0.2, 0.25) is 0 Å². The van der Waals surface area contributed by atoms with E-state index in [0.29, 0.717) is 17.2 Å². The summed E-state index contributed by atoms with van der Waals surface area (Å²) in [6.07, 6.45) is 1.74. The van der Waals surface area contributed by atoms with E-state index in [1.807, 2.05) is 0 Å². The smallest absolute Gasteiger partial charge is 0.227 e. The van der Waals surface area contributed by atoms with Gasteiger partial charge in [-0.1, -0.05) is 0 Å². The molecule has 1 aliphatic heterocycles. The molecule has 0 saturated carbocycles. The summed E-state index contributed by atoms with van der Waals surface area (Å²) < 4.78 is 11.2. The fourth-order valence-electron chi connectivity index (χ4n) is 2.27. The first-order valence-corrected chi connectivity index (χ1v) is 7.38. The molecule has 0 aromatic heterocycles. The van der Waals surface area contributed by atoms with E-state index in [2.05, 4.69) is 26.6 Å². The van der Waals surface area contributed by atoms with Crippen LogP contribution in [0.4, 0.5) is 5.69 Å². The maximum atomic E-state index is 12.2. The minimum absolute atomic E-state index is 0. The largest absolute Gasteiger partial charge is 0.493 e. The van der Waals surface area contributed by atoms with E-state index in [0.717, 1.165) is 30.4 Å². The van der Waals surface area contributed by atoms with Gasteiger partial charge in [-0.25, -0.2) is 0 Å². The number of hydrogen-bond donors (Lipinski definition) is 2. The Morgan fingerprint density at radius 1 is 1.24 bits per heavy atom.